The van der Waals surface area contributed by atoms with Crippen LogP contribution >= 0.6 is 23.4 Å². The molecule has 0 aromatic heterocycles. The first-order valence-corrected chi connectivity index (χ1v) is 9.88. The monoisotopic (exact) mass is 370 g/mol. The summed E-state index contributed by atoms with van der Waals surface area (Å²) in [7, 11) is 2.11. The molecule has 1 aliphatic rings. The SMILES string of the molecule is CSc1ccccc1N=Cc1cc2c(cc1Cl)N(C)C(C)(C)C=C2C. The van der Waals surface area contributed by atoms with Gasteiger partial charge in [-0.25, -0.2) is 0 Å². The highest BCUT2D eigenvalue weighted by molar-refractivity contribution is 7.98. The van der Waals surface area contributed by atoms with Crippen LogP contribution in [0.4, 0.5) is 11.4 Å². The van der Waals surface area contributed by atoms with Gasteiger partial charge in [0, 0.05) is 35.0 Å². The number of hydrogen-bond donors (Lipinski definition) is 0. The van der Waals surface area contributed by atoms with Crippen LogP contribution in [-0.2, 0) is 0 Å². The summed E-state index contributed by atoms with van der Waals surface area (Å²) in [5.41, 5.74) is 5.54. The van der Waals surface area contributed by atoms with Gasteiger partial charge >= 0.3 is 0 Å². The van der Waals surface area contributed by atoms with E-state index in [9.17, 15) is 0 Å². The molecule has 1 heterocycles. The molecule has 2 aromatic carbocycles. The van der Waals surface area contributed by atoms with E-state index in [1.165, 1.54) is 11.1 Å². The number of anilines is 1. The van der Waals surface area contributed by atoms with Crippen molar-refractivity contribution < 1.29 is 0 Å². The maximum atomic E-state index is 6.56. The largest absolute Gasteiger partial charge is 0.365 e. The number of hydrogen-bond acceptors (Lipinski definition) is 3. The molecule has 0 N–H and O–H groups in total. The van der Waals surface area contributed by atoms with Crippen molar-refractivity contribution in [1.82, 2.24) is 0 Å². The number of halogens is 1. The molecule has 0 spiro atoms. The Labute approximate surface area is 159 Å². The molecule has 130 valence electrons. The summed E-state index contributed by atoms with van der Waals surface area (Å²) in [5.74, 6) is 0. The zero-order chi connectivity index (χ0) is 18.2. The van der Waals surface area contributed by atoms with Gasteiger partial charge in [-0.1, -0.05) is 29.8 Å². The number of benzene rings is 2. The fraction of sp³-hybridized carbons (Fsp3) is 0.286. The lowest BCUT2D eigenvalue weighted by molar-refractivity contribution is 0.598. The van der Waals surface area contributed by atoms with E-state index < -0.39 is 0 Å². The van der Waals surface area contributed by atoms with Gasteiger partial charge in [0.1, 0.15) is 0 Å². The third kappa shape index (κ3) is 3.49. The smallest absolute Gasteiger partial charge is 0.0765 e. The van der Waals surface area contributed by atoms with Gasteiger partial charge in [0.2, 0.25) is 0 Å². The summed E-state index contributed by atoms with van der Waals surface area (Å²) in [5, 5.41) is 0.724. The summed E-state index contributed by atoms with van der Waals surface area (Å²) in [6.45, 7) is 6.58. The first-order valence-electron chi connectivity index (χ1n) is 8.28. The van der Waals surface area contributed by atoms with Gasteiger partial charge in [0.25, 0.3) is 0 Å². The molecule has 0 bridgehead atoms. The lowest BCUT2D eigenvalue weighted by Gasteiger charge is -2.40. The highest BCUT2D eigenvalue weighted by atomic mass is 35.5. The van der Waals surface area contributed by atoms with Crippen LogP contribution in [0.5, 0.6) is 0 Å². The highest BCUT2D eigenvalue weighted by Crippen LogP contribution is 2.40. The predicted octanol–water partition coefficient (Wildman–Crippen LogP) is 6.44. The van der Waals surface area contributed by atoms with Crippen LogP contribution in [0, 0.1) is 0 Å². The van der Waals surface area contributed by atoms with Crippen LogP contribution in [0.15, 0.2) is 52.4 Å². The Morgan fingerprint density at radius 1 is 1.20 bits per heavy atom. The number of allylic oxidation sites excluding steroid dienone is 1. The number of likely N-dealkylation sites (N-methyl/N-ethyl adjacent to an activating group) is 1. The third-order valence-corrected chi connectivity index (χ3v) is 5.88. The Morgan fingerprint density at radius 2 is 1.92 bits per heavy atom. The Bertz CT molecular complexity index is 868. The Balaban J connectivity index is 2.03. The maximum Gasteiger partial charge on any atom is 0.0765 e. The topological polar surface area (TPSA) is 15.6 Å². The molecule has 2 aromatic rings. The molecular weight excluding hydrogens is 348 g/mol. The van der Waals surface area contributed by atoms with Crippen LogP contribution < -0.4 is 4.90 Å². The van der Waals surface area contributed by atoms with Crippen LogP contribution in [-0.4, -0.2) is 25.1 Å². The highest BCUT2D eigenvalue weighted by Gasteiger charge is 2.29. The van der Waals surface area contributed by atoms with Gasteiger partial charge in [-0.15, -0.1) is 11.8 Å². The molecule has 0 radical (unpaired) electrons. The van der Waals surface area contributed by atoms with Crippen molar-refractivity contribution in [3.8, 4) is 0 Å². The van der Waals surface area contributed by atoms with Crippen LogP contribution in [0.3, 0.4) is 0 Å². The molecule has 0 amide bonds. The van der Waals surface area contributed by atoms with Crippen molar-refractivity contribution in [3.63, 3.8) is 0 Å². The van der Waals surface area contributed by atoms with Crippen molar-refractivity contribution in [2.75, 3.05) is 18.2 Å². The summed E-state index contributed by atoms with van der Waals surface area (Å²) in [4.78, 5) is 8.09. The number of aliphatic imine (C=N–C) groups is 1. The zero-order valence-electron chi connectivity index (χ0n) is 15.3. The normalized spacial score (nSPS) is 16.1. The lowest BCUT2D eigenvalue weighted by atomic mass is 9.88. The number of rotatable bonds is 3. The molecule has 2 nitrogen and oxygen atoms in total. The minimum Gasteiger partial charge on any atom is -0.365 e. The second-order valence-corrected chi connectivity index (χ2v) is 8.12. The van der Waals surface area contributed by atoms with E-state index in [4.69, 9.17) is 11.6 Å². The Kier molecular flexibility index (Phi) is 4.99. The summed E-state index contributed by atoms with van der Waals surface area (Å²) in [6.07, 6.45) is 6.23. The molecule has 25 heavy (non-hydrogen) atoms. The Morgan fingerprint density at radius 3 is 2.64 bits per heavy atom. The fourth-order valence-electron chi connectivity index (χ4n) is 3.16. The van der Waals surface area contributed by atoms with Gasteiger partial charge in [-0.2, -0.15) is 0 Å². The average Bonchev–Trinajstić information content (AvgIpc) is 2.58. The van der Waals surface area contributed by atoms with E-state index in [2.05, 4.69) is 68.2 Å². The second-order valence-electron chi connectivity index (χ2n) is 6.86. The van der Waals surface area contributed by atoms with Crippen molar-refractivity contribution >= 4 is 46.5 Å². The molecule has 0 fully saturated rings. The Hall–Kier alpha value is -1.71. The number of nitrogens with zero attached hydrogens (tertiary/aromatic N) is 2. The van der Waals surface area contributed by atoms with Crippen molar-refractivity contribution in [3.05, 3.63) is 58.6 Å². The number of fused-ring (bicyclic) bond motifs is 1. The fourth-order valence-corrected chi connectivity index (χ4v) is 3.91. The summed E-state index contributed by atoms with van der Waals surface area (Å²) < 4.78 is 0. The van der Waals surface area contributed by atoms with Crippen LogP contribution in [0.1, 0.15) is 31.9 Å². The predicted molar refractivity (Wildman–Crippen MR) is 113 cm³/mol. The molecule has 0 unspecified atom stereocenters. The molecular formula is C21H23ClN2S. The van der Waals surface area contributed by atoms with Gasteiger partial charge in [0.15, 0.2) is 0 Å². The molecule has 4 heteroatoms. The van der Waals surface area contributed by atoms with Gasteiger partial charge < -0.3 is 4.90 Å². The van der Waals surface area contributed by atoms with Crippen molar-refractivity contribution in [1.29, 1.82) is 0 Å². The molecule has 0 atom stereocenters. The van der Waals surface area contributed by atoms with E-state index >= 15 is 0 Å². The van der Waals surface area contributed by atoms with Crippen molar-refractivity contribution in [2.45, 2.75) is 31.2 Å². The average molecular weight is 371 g/mol. The third-order valence-electron chi connectivity index (χ3n) is 4.76. The first-order chi connectivity index (χ1) is 11.8. The molecule has 0 saturated carbocycles. The summed E-state index contributed by atoms with van der Waals surface area (Å²) >= 11 is 8.26. The summed E-state index contributed by atoms with van der Waals surface area (Å²) in [6, 6.07) is 12.3. The van der Waals surface area contributed by atoms with E-state index in [0.717, 1.165) is 26.9 Å². The second kappa shape index (κ2) is 6.89. The lowest BCUT2D eigenvalue weighted by Crippen LogP contribution is -2.42. The zero-order valence-corrected chi connectivity index (χ0v) is 16.9. The number of thioether (sulfide) groups is 1. The van der Waals surface area contributed by atoms with E-state index in [-0.39, 0.29) is 5.54 Å². The number of para-hydroxylation sites is 1. The first kappa shape index (κ1) is 18.1. The van der Waals surface area contributed by atoms with E-state index in [1.54, 1.807) is 11.8 Å². The van der Waals surface area contributed by atoms with Crippen LogP contribution in [0.25, 0.3) is 5.57 Å². The molecule has 1 aliphatic heterocycles. The molecule has 0 saturated heterocycles. The minimum atomic E-state index is -0.0205. The van der Waals surface area contributed by atoms with E-state index in [0.29, 0.717) is 0 Å². The molecule has 0 aliphatic carbocycles. The minimum absolute atomic E-state index is 0.0205. The van der Waals surface area contributed by atoms with Gasteiger partial charge in [0.05, 0.1) is 16.2 Å². The van der Waals surface area contributed by atoms with E-state index in [1.807, 2.05) is 24.4 Å². The quantitative estimate of drug-likeness (QED) is 0.456. The van der Waals surface area contributed by atoms with Gasteiger partial charge in [-0.3, -0.25) is 4.99 Å². The molecule has 3 rings (SSSR count). The van der Waals surface area contributed by atoms with Crippen LogP contribution in [0.2, 0.25) is 5.02 Å². The maximum absolute atomic E-state index is 6.56. The van der Waals surface area contributed by atoms with Crippen molar-refractivity contribution in [2.24, 2.45) is 4.99 Å². The van der Waals surface area contributed by atoms with Gasteiger partial charge in [-0.05, 0) is 56.9 Å². The standard InChI is InChI=1S/C21H23ClN2S/c1-14-12-21(2,3)24(4)19-11-17(22)15(10-16(14)19)13-23-18-8-6-7-9-20(18)25-5/h6-13H,1-5H3.